The number of aryl methyl sites for hydroxylation is 1. The highest BCUT2D eigenvalue weighted by atomic mass is 32.1. The number of carbonyl (C=O) groups is 2. The van der Waals surface area contributed by atoms with Crippen LogP contribution in [0.3, 0.4) is 0 Å². The molecular weight excluding hydrogens is 368 g/mol. The number of hydrogen-bond acceptors (Lipinski definition) is 7. The van der Waals surface area contributed by atoms with Gasteiger partial charge < -0.3 is 15.1 Å². The second-order valence-corrected chi connectivity index (χ2v) is 7.63. The number of nitrogens with zero attached hydrogens (tertiary/aromatic N) is 4. The van der Waals surface area contributed by atoms with E-state index in [4.69, 9.17) is 4.42 Å². The Hall–Kier alpha value is -2.72. The molecule has 10 heteroatoms. The molecule has 27 heavy (non-hydrogen) atoms. The van der Waals surface area contributed by atoms with Crippen molar-refractivity contribution in [3.63, 3.8) is 0 Å². The molecule has 1 atom stereocenters. The smallest absolute Gasteiger partial charge is 0.237 e. The molecule has 3 aromatic rings. The predicted molar refractivity (Wildman–Crippen MR) is 98.0 cm³/mol. The number of fused-ring (bicyclic) bond motifs is 1. The number of amides is 2. The van der Waals surface area contributed by atoms with E-state index in [9.17, 15) is 9.59 Å². The molecule has 4 heterocycles. The van der Waals surface area contributed by atoms with E-state index in [-0.39, 0.29) is 18.2 Å². The zero-order valence-electron chi connectivity index (χ0n) is 14.8. The molecule has 0 spiro atoms. The van der Waals surface area contributed by atoms with Crippen molar-refractivity contribution in [3.05, 3.63) is 41.1 Å². The van der Waals surface area contributed by atoms with E-state index in [1.54, 1.807) is 23.2 Å². The van der Waals surface area contributed by atoms with Crippen molar-refractivity contribution >= 4 is 28.1 Å². The fourth-order valence-corrected chi connectivity index (χ4v) is 3.90. The largest absolute Gasteiger partial charge is 0.472 e. The van der Waals surface area contributed by atoms with E-state index in [0.29, 0.717) is 26.2 Å². The SMILES string of the molecule is Cc1nn2cc(CNC(=O)CC3C(=O)NCCN3Cc3ccoc3)nc2s1. The quantitative estimate of drug-likeness (QED) is 0.644. The molecule has 2 amide bonds. The summed E-state index contributed by atoms with van der Waals surface area (Å²) in [6.45, 7) is 4.07. The molecular formula is C17H20N6O3S. The van der Waals surface area contributed by atoms with Gasteiger partial charge in [0.25, 0.3) is 0 Å². The van der Waals surface area contributed by atoms with Crippen molar-refractivity contribution in [1.82, 2.24) is 30.1 Å². The minimum atomic E-state index is -0.497. The van der Waals surface area contributed by atoms with Crippen molar-refractivity contribution < 1.29 is 14.0 Å². The number of rotatable bonds is 6. The van der Waals surface area contributed by atoms with Gasteiger partial charge in [-0.15, -0.1) is 0 Å². The van der Waals surface area contributed by atoms with Gasteiger partial charge in [0.05, 0.1) is 43.4 Å². The number of hydrogen-bond donors (Lipinski definition) is 2. The summed E-state index contributed by atoms with van der Waals surface area (Å²) < 4.78 is 6.80. The average molecular weight is 388 g/mol. The molecule has 1 saturated heterocycles. The lowest BCUT2D eigenvalue weighted by Crippen LogP contribution is -2.56. The number of nitrogens with one attached hydrogen (secondary N) is 2. The zero-order valence-corrected chi connectivity index (χ0v) is 15.7. The maximum Gasteiger partial charge on any atom is 0.237 e. The van der Waals surface area contributed by atoms with Gasteiger partial charge >= 0.3 is 0 Å². The Morgan fingerprint density at radius 3 is 3.19 bits per heavy atom. The van der Waals surface area contributed by atoms with Crippen LogP contribution in [0.1, 0.15) is 22.7 Å². The fraction of sp³-hybridized carbons (Fsp3) is 0.412. The van der Waals surface area contributed by atoms with E-state index >= 15 is 0 Å². The molecule has 0 aliphatic carbocycles. The molecule has 3 aromatic heterocycles. The van der Waals surface area contributed by atoms with E-state index in [0.717, 1.165) is 21.2 Å². The summed E-state index contributed by atoms with van der Waals surface area (Å²) >= 11 is 1.50. The molecule has 1 aliphatic rings. The molecule has 0 saturated carbocycles. The normalized spacial score (nSPS) is 18.0. The fourth-order valence-electron chi connectivity index (χ4n) is 3.16. The summed E-state index contributed by atoms with van der Waals surface area (Å²) in [5.41, 5.74) is 1.72. The van der Waals surface area contributed by atoms with E-state index in [1.165, 1.54) is 11.3 Å². The van der Waals surface area contributed by atoms with E-state index in [2.05, 4.69) is 20.7 Å². The number of carbonyl (C=O) groups excluding carboxylic acids is 2. The van der Waals surface area contributed by atoms with E-state index < -0.39 is 6.04 Å². The van der Waals surface area contributed by atoms with Gasteiger partial charge in [-0.3, -0.25) is 14.5 Å². The Labute approximate surface area is 159 Å². The molecule has 142 valence electrons. The minimum absolute atomic E-state index is 0.100. The summed E-state index contributed by atoms with van der Waals surface area (Å²) in [4.78, 5) is 31.9. The van der Waals surface area contributed by atoms with Crippen molar-refractivity contribution in [3.8, 4) is 0 Å². The van der Waals surface area contributed by atoms with Crippen LogP contribution in [0.15, 0.2) is 29.2 Å². The van der Waals surface area contributed by atoms with E-state index in [1.807, 2.05) is 17.9 Å². The van der Waals surface area contributed by atoms with Gasteiger partial charge in [0.15, 0.2) is 0 Å². The molecule has 0 aromatic carbocycles. The Bertz CT molecular complexity index is 916. The standard InChI is InChI=1S/C17H20N6O3S/c1-11-21-23-9-13(20-17(23)27-11)7-19-15(24)6-14-16(25)18-3-4-22(14)8-12-2-5-26-10-12/h2,5,9-10,14H,3-4,6-8H2,1H3,(H,18,25)(H,19,24). The molecule has 2 N–H and O–H groups in total. The molecule has 0 radical (unpaired) electrons. The van der Waals surface area contributed by atoms with Crippen LogP contribution in [0.4, 0.5) is 0 Å². The van der Waals surface area contributed by atoms with Gasteiger partial charge in [-0.1, -0.05) is 11.3 Å². The second kappa shape index (κ2) is 7.49. The molecule has 9 nitrogen and oxygen atoms in total. The van der Waals surface area contributed by atoms with Crippen LogP contribution in [0.25, 0.3) is 4.96 Å². The van der Waals surface area contributed by atoms with Crippen LogP contribution in [0.5, 0.6) is 0 Å². The van der Waals surface area contributed by atoms with Crippen molar-refractivity contribution in [1.29, 1.82) is 0 Å². The first-order chi connectivity index (χ1) is 13.1. The third-order valence-electron chi connectivity index (χ3n) is 4.45. The third-order valence-corrected chi connectivity index (χ3v) is 5.28. The molecule has 1 fully saturated rings. The van der Waals surface area contributed by atoms with Gasteiger partial charge in [-0.05, 0) is 13.0 Å². The number of aromatic nitrogens is 3. The zero-order chi connectivity index (χ0) is 18.8. The van der Waals surface area contributed by atoms with Gasteiger partial charge in [-0.25, -0.2) is 9.50 Å². The first kappa shape index (κ1) is 17.7. The minimum Gasteiger partial charge on any atom is -0.472 e. The summed E-state index contributed by atoms with van der Waals surface area (Å²) in [6.07, 6.45) is 5.16. The van der Waals surface area contributed by atoms with Gasteiger partial charge in [-0.2, -0.15) is 5.10 Å². The maximum atomic E-state index is 12.4. The van der Waals surface area contributed by atoms with Crippen LogP contribution in [0.2, 0.25) is 0 Å². The van der Waals surface area contributed by atoms with Crippen LogP contribution in [-0.2, 0) is 22.7 Å². The molecule has 1 aliphatic heterocycles. The topological polar surface area (TPSA) is 105 Å². The van der Waals surface area contributed by atoms with Gasteiger partial charge in [0.1, 0.15) is 5.01 Å². The van der Waals surface area contributed by atoms with Gasteiger partial charge in [0.2, 0.25) is 16.8 Å². The average Bonchev–Trinajstić information content (AvgIpc) is 3.33. The molecule has 1 unspecified atom stereocenters. The first-order valence-electron chi connectivity index (χ1n) is 8.70. The monoisotopic (exact) mass is 388 g/mol. The van der Waals surface area contributed by atoms with Crippen LogP contribution in [-0.4, -0.2) is 50.4 Å². The van der Waals surface area contributed by atoms with Crippen molar-refractivity contribution in [2.24, 2.45) is 0 Å². The van der Waals surface area contributed by atoms with Crippen molar-refractivity contribution in [2.75, 3.05) is 13.1 Å². The highest BCUT2D eigenvalue weighted by molar-refractivity contribution is 7.16. The number of imidazole rings is 1. The lowest BCUT2D eigenvalue weighted by Gasteiger charge is -2.34. The Balaban J connectivity index is 1.35. The highest BCUT2D eigenvalue weighted by Gasteiger charge is 2.31. The Kier molecular flexibility index (Phi) is 4.90. The number of piperazine rings is 1. The summed E-state index contributed by atoms with van der Waals surface area (Å²) in [7, 11) is 0. The van der Waals surface area contributed by atoms with Crippen LogP contribution < -0.4 is 10.6 Å². The second-order valence-electron chi connectivity index (χ2n) is 6.47. The lowest BCUT2D eigenvalue weighted by atomic mass is 10.1. The lowest BCUT2D eigenvalue weighted by molar-refractivity contribution is -0.134. The molecule has 4 rings (SSSR count). The summed E-state index contributed by atoms with van der Waals surface area (Å²) in [6, 6.07) is 1.37. The maximum absolute atomic E-state index is 12.4. The summed E-state index contributed by atoms with van der Waals surface area (Å²) in [5.74, 6) is -0.309. The van der Waals surface area contributed by atoms with Gasteiger partial charge in [0, 0.05) is 25.2 Å². The summed E-state index contributed by atoms with van der Waals surface area (Å²) in [5, 5.41) is 10.9. The van der Waals surface area contributed by atoms with Crippen molar-refractivity contribution in [2.45, 2.75) is 32.5 Å². The van der Waals surface area contributed by atoms with Crippen LogP contribution in [0, 0.1) is 6.92 Å². The highest BCUT2D eigenvalue weighted by Crippen LogP contribution is 2.15. The Morgan fingerprint density at radius 1 is 1.52 bits per heavy atom. The third kappa shape index (κ3) is 4.01. The number of furan rings is 1. The Morgan fingerprint density at radius 2 is 2.41 bits per heavy atom. The van der Waals surface area contributed by atoms with Crippen LogP contribution >= 0.6 is 11.3 Å². The predicted octanol–water partition coefficient (Wildman–Crippen LogP) is 0.699. The first-order valence-corrected chi connectivity index (χ1v) is 9.51. The molecule has 0 bridgehead atoms.